The Morgan fingerprint density at radius 2 is 2.12 bits per heavy atom. The zero-order valence-electron chi connectivity index (χ0n) is 14.7. The van der Waals surface area contributed by atoms with Gasteiger partial charge in [0.2, 0.25) is 0 Å². The van der Waals surface area contributed by atoms with Crippen molar-refractivity contribution in [3.63, 3.8) is 0 Å². The summed E-state index contributed by atoms with van der Waals surface area (Å²) in [5.74, 6) is 0.622. The van der Waals surface area contributed by atoms with E-state index in [2.05, 4.69) is 38.8 Å². The Morgan fingerprint density at radius 3 is 2.84 bits per heavy atom. The number of nitrogens with one attached hydrogen (secondary N) is 2. The molecule has 1 aromatic heterocycles. The smallest absolute Gasteiger partial charge is 0.320 e. The standard InChI is InChI=1S/C18H25N5O2/c1-13-9-17(22(2)21-13)20-18(25)19-10-16(24)12-23-8-7-14-5-3-4-6-15(14)11-23/h3-6,9,16,24H,7-8,10-12H2,1-2H3,(H2,19,20,25)/t16-/m1/s1. The van der Waals surface area contributed by atoms with E-state index in [-0.39, 0.29) is 12.6 Å². The van der Waals surface area contributed by atoms with Crippen molar-refractivity contribution in [1.29, 1.82) is 0 Å². The minimum atomic E-state index is -0.607. The number of aliphatic hydroxyl groups is 1. The maximum absolute atomic E-state index is 11.9. The number of aryl methyl sites for hydroxylation is 2. The molecule has 0 fully saturated rings. The molecule has 25 heavy (non-hydrogen) atoms. The molecule has 1 aliphatic heterocycles. The summed E-state index contributed by atoms with van der Waals surface area (Å²) in [5.41, 5.74) is 3.54. The van der Waals surface area contributed by atoms with E-state index in [4.69, 9.17) is 0 Å². The molecule has 7 heteroatoms. The molecule has 134 valence electrons. The van der Waals surface area contributed by atoms with Gasteiger partial charge in [-0.25, -0.2) is 4.79 Å². The van der Waals surface area contributed by atoms with Crippen LogP contribution in [0.2, 0.25) is 0 Å². The Bertz CT molecular complexity index is 743. The first-order valence-electron chi connectivity index (χ1n) is 8.54. The van der Waals surface area contributed by atoms with Gasteiger partial charge in [0.1, 0.15) is 5.82 Å². The third-order valence-corrected chi connectivity index (χ3v) is 4.42. The van der Waals surface area contributed by atoms with Gasteiger partial charge in [-0.15, -0.1) is 0 Å². The zero-order chi connectivity index (χ0) is 17.8. The second-order valence-electron chi connectivity index (χ2n) is 6.54. The number of β-amino-alcohol motifs (C(OH)–C–C–N with tert-alkyl or cyclic N) is 1. The van der Waals surface area contributed by atoms with E-state index in [1.807, 2.05) is 13.0 Å². The van der Waals surface area contributed by atoms with Crippen LogP contribution in [0.25, 0.3) is 0 Å². The molecular formula is C18H25N5O2. The van der Waals surface area contributed by atoms with Crippen molar-refractivity contribution < 1.29 is 9.90 Å². The Balaban J connectivity index is 1.43. The number of carbonyl (C=O) groups is 1. The zero-order valence-corrected chi connectivity index (χ0v) is 14.7. The van der Waals surface area contributed by atoms with Crippen LogP contribution in [0.4, 0.5) is 10.6 Å². The Kier molecular flexibility index (Phi) is 5.35. The molecule has 1 aromatic carbocycles. The largest absolute Gasteiger partial charge is 0.390 e. The number of nitrogens with zero attached hydrogens (tertiary/aromatic N) is 3. The molecule has 0 radical (unpaired) electrons. The second-order valence-corrected chi connectivity index (χ2v) is 6.54. The molecule has 7 nitrogen and oxygen atoms in total. The molecule has 2 aromatic rings. The number of urea groups is 1. The fourth-order valence-electron chi connectivity index (χ4n) is 3.17. The number of aliphatic hydroxyl groups excluding tert-OH is 1. The number of anilines is 1. The molecule has 0 spiro atoms. The first kappa shape index (κ1) is 17.4. The first-order valence-corrected chi connectivity index (χ1v) is 8.54. The highest BCUT2D eigenvalue weighted by Gasteiger charge is 2.18. The second kappa shape index (κ2) is 7.67. The lowest BCUT2D eigenvalue weighted by atomic mass is 10.00. The molecule has 3 N–H and O–H groups in total. The summed E-state index contributed by atoms with van der Waals surface area (Å²) >= 11 is 0. The van der Waals surface area contributed by atoms with Crippen molar-refractivity contribution in [2.75, 3.05) is 25.0 Å². The van der Waals surface area contributed by atoms with Gasteiger partial charge >= 0.3 is 6.03 Å². The number of rotatable bonds is 5. The Hall–Kier alpha value is -2.38. The lowest BCUT2D eigenvalue weighted by molar-refractivity contribution is 0.106. The predicted molar refractivity (Wildman–Crippen MR) is 96.4 cm³/mol. The van der Waals surface area contributed by atoms with E-state index < -0.39 is 6.10 Å². The SMILES string of the molecule is Cc1cc(NC(=O)NC[C@@H](O)CN2CCc3ccccc3C2)n(C)n1. The molecule has 2 amide bonds. The number of amides is 2. The molecular weight excluding hydrogens is 318 g/mol. The highest BCUT2D eigenvalue weighted by atomic mass is 16.3. The van der Waals surface area contributed by atoms with Crippen molar-refractivity contribution in [3.05, 3.63) is 47.2 Å². The van der Waals surface area contributed by atoms with Crippen LogP contribution in [0.15, 0.2) is 30.3 Å². The van der Waals surface area contributed by atoms with Gasteiger partial charge in [-0.2, -0.15) is 5.10 Å². The molecule has 0 saturated heterocycles. The quantitative estimate of drug-likeness (QED) is 0.764. The Morgan fingerprint density at radius 1 is 1.36 bits per heavy atom. The fourth-order valence-corrected chi connectivity index (χ4v) is 3.17. The maximum atomic E-state index is 11.9. The monoisotopic (exact) mass is 343 g/mol. The number of aromatic nitrogens is 2. The highest BCUT2D eigenvalue weighted by Crippen LogP contribution is 2.18. The lowest BCUT2D eigenvalue weighted by Crippen LogP contribution is -2.43. The summed E-state index contributed by atoms with van der Waals surface area (Å²) in [4.78, 5) is 14.2. The minimum absolute atomic E-state index is 0.209. The van der Waals surface area contributed by atoms with Gasteiger partial charge in [0, 0.05) is 39.3 Å². The molecule has 0 saturated carbocycles. The van der Waals surface area contributed by atoms with Gasteiger partial charge in [-0.3, -0.25) is 14.9 Å². The maximum Gasteiger partial charge on any atom is 0.320 e. The van der Waals surface area contributed by atoms with E-state index in [0.29, 0.717) is 12.4 Å². The van der Waals surface area contributed by atoms with E-state index in [1.165, 1.54) is 11.1 Å². The predicted octanol–water partition coefficient (Wildman–Crippen LogP) is 1.27. The first-order chi connectivity index (χ1) is 12.0. The van der Waals surface area contributed by atoms with Gasteiger partial charge < -0.3 is 10.4 Å². The summed E-state index contributed by atoms with van der Waals surface area (Å²) in [6, 6.07) is 9.86. The normalized spacial score (nSPS) is 15.5. The average Bonchev–Trinajstić information content (AvgIpc) is 2.90. The minimum Gasteiger partial charge on any atom is -0.390 e. The van der Waals surface area contributed by atoms with E-state index in [9.17, 15) is 9.90 Å². The van der Waals surface area contributed by atoms with Crippen LogP contribution in [-0.4, -0.2) is 51.6 Å². The molecule has 2 heterocycles. The molecule has 0 bridgehead atoms. The third-order valence-electron chi connectivity index (χ3n) is 4.42. The highest BCUT2D eigenvalue weighted by molar-refractivity contribution is 5.88. The van der Waals surface area contributed by atoms with Crippen LogP contribution in [-0.2, 0) is 20.0 Å². The molecule has 0 aliphatic carbocycles. The lowest BCUT2D eigenvalue weighted by Gasteiger charge is -2.30. The molecule has 0 unspecified atom stereocenters. The van der Waals surface area contributed by atoms with E-state index in [0.717, 1.165) is 25.2 Å². The van der Waals surface area contributed by atoms with Crippen molar-refractivity contribution in [2.24, 2.45) is 7.05 Å². The summed E-state index contributed by atoms with van der Waals surface area (Å²) in [7, 11) is 1.77. The number of benzene rings is 1. The number of fused-ring (bicyclic) bond motifs is 1. The molecule has 1 aliphatic rings. The summed E-state index contributed by atoms with van der Waals surface area (Å²) in [6.45, 7) is 4.38. The molecule has 3 rings (SSSR count). The third kappa shape index (κ3) is 4.58. The van der Waals surface area contributed by atoms with Gasteiger partial charge in [0.15, 0.2) is 0 Å². The van der Waals surface area contributed by atoms with Gasteiger partial charge in [0.05, 0.1) is 11.8 Å². The van der Waals surface area contributed by atoms with Crippen molar-refractivity contribution in [1.82, 2.24) is 20.0 Å². The van der Waals surface area contributed by atoms with Crippen LogP contribution in [0.3, 0.4) is 0 Å². The van der Waals surface area contributed by atoms with E-state index in [1.54, 1.807) is 17.8 Å². The van der Waals surface area contributed by atoms with Crippen LogP contribution < -0.4 is 10.6 Å². The fraction of sp³-hybridized carbons (Fsp3) is 0.444. The summed E-state index contributed by atoms with van der Waals surface area (Å²) in [5, 5.41) is 19.8. The van der Waals surface area contributed by atoms with Crippen molar-refractivity contribution in [3.8, 4) is 0 Å². The average molecular weight is 343 g/mol. The van der Waals surface area contributed by atoms with E-state index >= 15 is 0 Å². The van der Waals surface area contributed by atoms with Crippen LogP contribution in [0.1, 0.15) is 16.8 Å². The number of carbonyl (C=O) groups excluding carboxylic acids is 1. The molecule has 1 atom stereocenters. The Labute approximate surface area is 147 Å². The van der Waals surface area contributed by atoms with Crippen LogP contribution in [0, 0.1) is 6.92 Å². The summed E-state index contributed by atoms with van der Waals surface area (Å²) < 4.78 is 1.61. The van der Waals surface area contributed by atoms with Crippen LogP contribution in [0.5, 0.6) is 0 Å². The number of hydrogen-bond acceptors (Lipinski definition) is 4. The topological polar surface area (TPSA) is 82.4 Å². The van der Waals surface area contributed by atoms with Crippen molar-refractivity contribution in [2.45, 2.75) is 26.0 Å². The summed E-state index contributed by atoms with van der Waals surface area (Å²) in [6.07, 6.45) is 0.390. The van der Waals surface area contributed by atoms with Crippen LogP contribution >= 0.6 is 0 Å². The van der Waals surface area contributed by atoms with Crippen molar-refractivity contribution >= 4 is 11.8 Å². The van der Waals surface area contributed by atoms with Gasteiger partial charge in [-0.1, -0.05) is 24.3 Å². The van der Waals surface area contributed by atoms with Gasteiger partial charge in [0.25, 0.3) is 0 Å². The number of hydrogen-bond donors (Lipinski definition) is 3. The van der Waals surface area contributed by atoms with Gasteiger partial charge in [-0.05, 0) is 24.5 Å².